The Hall–Kier alpha value is -0.210. The Balaban J connectivity index is 2.04. The summed E-state index contributed by atoms with van der Waals surface area (Å²) < 4.78 is 33.3. The van der Waals surface area contributed by atoms with Crippen molar-refractivity contribution in [2.75, 3.05) is 46.0 Å². The van der Waals surface area contributed by atoms with Gasteiger partial charge in [-0.05, 0) is 25.2 Å². The molecule has 1 N–H and O–H groups in total. The molecule has 0 aromatic heterocycles. The lowest BCUT2D eigenvalue weighted by Gasteiger charge is -2.34. The number of hydrogen-bond donors (Lipinski definition) is 1. The molecule has 2 heterocycles. The summed E-state index contributed by atoms with van der Waals surface area (Å²) in [4.78, 5) is 0. The van der Waals surface area contributed by atoms with Crippen molar-refractivity contribution in [3.8, 4) is 0 Å². The lowest BCUT2D eigenvalue weighted by molar-refractivity contribution is 0.145. The highest BCUT2D eigenvalue weighted by molar-refractivity contribution is 7.86. The Labute approximate surface area is 109 Å². The normalized spacial score (nSPS) is 29.1. The van der Waals surface area contributed by atoms with Crippen molar-refractivity contribution in [2.24, 2.45) is 5.92 Å². The minimum atomic E-state index is -3.38. The standard InChI is InChI=1S/C11H22N2O4S/c14-10-11-3-1-4-13(9-11)18(15,16)12-5-2-7-17-8-6-12/h11,14H,1-10H2. The molecule has 1 unspecified atom stereocenters. The molecule has 0 bridgehead atoms. The van der Waals surface area contributed by atoms with Gasteiger partial charge in [0.25, 0.3) is 10.2 Å². The van der Waals surface area contributed by atoms with Crippen LogP contribution in [0.5, 0.6) is 0 Å². The van der Waals surface area contributed by atoms with Gasteiger partial charge in [-0.25, -0.2) is 0 Å². The summed E-state index contributed by atoms with van der Waals surface area (Å²) in [5.74, 6) is 0.0803. The number of rotatable bonds is 3. The fraction of sp³-hybridized carbons (Fsp3) is 1.00. The first-order valence-electron chi connectivity index (χ1n) is 6.58. The van der Waals surface area contributed by atoms with Crippen molar-refractivity contribution in [1.82, 2.24) is 8.61 Å². The van der Waals surface area contributed by atoms with Gasteiger partial charge in [0.1, 0.15) is 0 Å². The number of aliphatic hydroxyl groups excluding tert-OH is 1. The smallest absolute Gasteiger partial charge is 0.282 e. The van der Waals surface area contributed by atoms with Gasteiger partial charge in [-0.3, -0.25) is 0 Å². The Morgan fingerprint density at radius 3 is 2.67 bits per heavy atom. The molecule has 2 fully saturated rings. The Morgan fingerprint density at radius 2 is 1.89 bits per heavy atom. The monoisotopic (exact) mass is 278 g/mol. The van der Waals surface area contributed by atoms with Crippen LogP contribution in [0.3, 0.4) is 0 Å². The molecule has 106 valence electrons. The predicted octanol–water partition coefficient (Wildman–Crippen LogP) is -0.342. The van der Waals surface area contributed by atoms with Crippen molar-refractivity contribution >= 4 is 10.2 Å². The zero-order valence-corrected chi connectivity index (χ0v) is 11.4. The molecule has 0 amide bonds. The van der Waals surface area contributed by atoms with Crippen LogP contribution in [0.2, 0.25) is 0 Å². The maximum absolute atomic E-state index is 12.5. The molecule has 0 aromatic rings. The SMILES string of the molecule is O=S(=O)(N1CCCOCC1)N1CCCC(CO)C1. The van der Waals surface area contributed by atoms with Crippen LogP contribution in [0.4, 0.5) is 0 Å². The van der Waals surface area contributed by atoms with Gasteiger partial charge >= 0.3 is 0 Å². The van der Waals surface area contributed by atoms with E-state index in [1.807, 2.05) is 0 Å². The minimum absolute atomic E-state index is 0.0646. The van der Waals surface area contributed by atoms with E-state index in [2.05, 4.69) is 0 Å². The van der Waals surface area contributed by atoms with Gasteiger partial charge in [0.2, 0.25) is 0 Å². The molecule has 2 saturated heterocycles. The molecule has 2 aliphatic rings. The first-order valence-corrected chi connectivity index (χ1v) is 7.98. The Bertz CT molecular complexity index is 352. The summed E-state index contributed by atoms with van der Waals surface area (Å²) in [6, 6.07) is 0. The maximum Gasteiger partial charge on any atom is 0.282 e. The molecule has 6 nitrogen and oxygen atoms in total. The van der Waals surface area contributed by atoms with Crippen LogP contribution in [0, 0.1) is 5.92 Å². The third-order valence-electron chi connectivity index (χ3n) is 3.57. The zero-order chi connectivity index (χ0) is 13.0. The highest BCUT2D eigenvalue weighted by atomic mass is 32.2. The largest absolute Gasteiger partial charge is 0.396 e. The molecule has 1 atom stereocenters. The second-order valence-corrected chi connectivity index (χ2v) is 6.85. The van der Waals surface area contributed by atoms with Gasteiger partial charge in [-0.15, -0.1) is 0 Å². The summed E-state index contributed by atoms with van der Waals surface area (Å²) in [7, 11) is -3.38. The van der Waals surface area contributed by atoms with Crippen LogP contribution in [0.1, 0.15) is 19.3 Å². The molecule has 18 heavy (non-hydrogen) atoms. The van der Waals surface area contributed by atoms with Crippen molar-refractivity contribution in [3.05, 3.63) is 0 Å². The Morgan fingerprint density at radius 1 is 1.11 bits per heavy atom. The molecule has 2 aliphatic heterocycles. The van der Waals surface area contributed by atoms with Crippen LogP contribution in [-0.4, -0.2) is 68.1 Å². The van der Waals surface area contributed by atoms with E-state index in [1.54, 1.807) is 0 Å². The molecule has 0 aromatic carbocycles. The molecule has 2 rings (SSSR count). The quantitative estimate of drug-likeness (QED) is 0.766. The highest BCUT2D eigenvalue weighted by Gasteiger charge is 2.33. The van der Waals surface area contributed by atoms with Crippen molar-refractivity contribution in [1.29, 1.82) is 0 Å². The van der Waals surface area contributed by atoms with Gasteiger partial charge < -0.3 is 9.84 Å². The van der Waals surface area contributed by atoms with E-state index in [4.69, 9.17) is 4.74 Å². The average molecular weight is 278 g/mol. The van der Waals surface area contributed by atoms with Crippen molar-refractivity contribution in [2.45, 2.75) is 19.3 Å². The number of aliphatic hydroxyl groups is 1. The van der Waals surface area contributed by atoms with Crippen LogP contribution >= 0.6 is 0 Å². The summed E-state index contributed by atoms with van der Waals surface area (Å²) in [6.07, 6.45) is 2.48. The fourth-order valence-corrected chi connectivity index (χ4v) is 4.25. The summed E-state index contributed by atoms with van der Waals surface area (Å²) in [5.41, 5.74) is 0. The van der Waals surface area contributed by atoms with E-state index in [1.165, 1.54) is 8.61 Å². The summed E-state index contributed by atoms with van der Waals surface area (Å²) >= 11 is 0. The summed E-state index contributed by atoms with van der Waals surface area (Å²) in [5, 5.41) is 9.17. The van der Waals surface area contributed by atoms with E-state index in [9.17, 15) is 13.5 Å². The molecular weight excluding hydrogens is 256 g/mol. The van der Waals surface area contributed by atoms with E-state index < -0.39 is 10.2 Å². The van der Waals surface area contributed by atoms with Crippen LogP contribution in [0.25, 0.3) is 0 Å². The lowest BCUT2D eigenvalue weighted by atomic mass is 10.0. The third-order valence-corrected chi connectivity index (χ3v) is 5.58. The highest BCUT2D eigenvalue weighted by Crippen LogP contribution is 2.21. The van der Waals surface area contributed by atoms with Crippen LogP contribution < -0.4 is 0 Å². The molecule has 0 saturated carbocycles. The Kier molecular flexibility index (Phi) is 4.97. The average Bonchev–Trinajstić information content (AvgIpc) is 2.68. The van der Waals surface area contributed by atoms with Crippen molar-refractivity contribution < 1.29 is 18.3 Å². The molecule has 0 radical (unpaired) electrons. The minimum Gasteiger partial charge on any atom is -0.396 e. The van der Waals surface area contributed by atoms with Crippen LogP contribution in [0.15, 0.2) is 0 Å². The lowest BCUT2D eigenvalue weighted by Crippen LogP contribution is -2.49. The molecule has 0 spiro atoms. The predicted molar refractivity (Wildman–Crippen MR) is 67.3 cm³/mol. The van der Waals surface area contributed by atoms with E-state index in [0.29, 0.717) is 39.4 Å². The number of ether oxygens (including phenoxy) is 1. The second kappa shape index (κ2) is 6.29. The molecular formula is C11H22N2O4S. The first-order chi connectivity index (χ1) is 8.64. The van der Waals surface area contributed by atoms with Gasteiger partial charge in [-0.2, -0.15) is 17.0 Å². The van der Waals surface area contributed by atoms with Crippen molar-refractivity contribution in [3.63, 3.8) is 0 Å². The van der Waals surface area contributed by atoms with Gasteiger partial charge in [0.15, 0.2) is 0 Å². The zero-order valence-electron chi connectivity index (χ0n) is 10.6. The van der Waals surface area contributed by atoms with E-state index in [-0.39, 0.29) is 12.5 Å². The van der Waals surface area contributed by atoms with Gasteiger partial charge in [0.05, 0.1) is 6.61 Å². The summed E-state index contributed by atoms with van der Waals surface area (Å²) in [6.45, 7) is 3.13. The van der Waals surface area contributed by atoms with Crippen LogP contribution in [-0.2, 0) is 14.9 Å². The number of hydrogen-bond acceptors (Lipinski definition) is 4. The first kappa shape index (κ1) is 14.2. The third kappa shape index (κ3) is 3.21. The van der Waals surface area contributed by atoms with Gasteiger partial charge in [0, 0.05) is 39.4 Å². The topological polar surface area (TPSA) is 70.1 Å². The number of piperidine rings is 1. The number of nitrogens with zero attached hydrogens (tertiary/aromatic N) is 2. The van der Waals surface area contributed by atoms with Gasteiger partial charge in [-0.1, -0.05) is 0 Å². The molecule has 0 aliphatic carbocycles. The second-order valence-electron chi connectivity index (χ2n) is 4.92. The van der Waals surface area contributed by atoms with E-state index >= 15 is 0 Å². The van der Waals surface area contributed by atoms with E-state index in [0.717, 1.165) is 19.3 Å². The maximum atomic E-state index is 12.5. The fourth-order valence-electron chi connectivity index (χ4n) is 2.50. The molecule has 7 heteroatoms.